The molecule has 0 fully saturated rings. The normalized spacial score (nSPS) is 13.9. The first-order valence-electron chi connectivity index (χ1n) is 11.7. The standard InChI is InChI=1S/C26H30N2O5S/c1-5-18(28-21(29)14-15(3)16-11-9-12-19(32-4)23(16)28)24(30)27-25-22(26(31)33-6-2)17-10-7-8-13-20(17)34-25/h9,11-12,14,18H,5-8,10,13H2,1-4H3,(H,27,30). The van der Waals surface area contributed by atoms with Crippen molar-refractivity contribution in [1.82, 2.24) is 4.57 Å². The molecule has 1 unspecified atom stereocenters. The molecule has 0 radical (unpaired) electrons. The molecule has 1 aromatic carbocycles. The zero-order valence-electron chi connectivity index (χ0n) is 20.0. The number of hydrogen-bond acceptors (Lipinski definition) is 6. The number of aromatic nitrogens is 1. The molecule has 8 heteroatoms. The van der Waals surface area contributed by atoms with Crippen LogP contribution in [0.5, 0.6) is 5.75 Å². The van der Waals surface area contributed by atoms with Gasteiger partial charge in [0, 0.05) is 16.3 Å². The van der Waals surface area contributed by atoms with Gasteiger partial charge < -0.3 is 14.8 Å². The van der Waals surface area contributed by atoms with Gasteiger partial charge in [-0.15, -0.1) is 11.3 Å². The third-order valence-electron chi connectivity index (χ3n) is 6.35. The molecule has 3 aromatic rings. The molecule has 1 aliphatic rings. The summed E-state index contributed by atoms with van der Waals surface area (Å²) in [7, 11) is 1.55. The number of fused-ring (bicyclic) bond motifs is 2. The number of thiophene rings is 1. The molecule has 4 rings (SSSR count). The molecule has 2 aromatic heterocycles. The number of esters is 1. The van der Waals surface area contributed by atoms with E-state index in [1.165, 1.54) is 15.9 Å². The lowest BCUT2D eigenvalue weighted by Crippen LogP contribution is -2.33. The third-order valence-corrected chi connectivity index (χ3v) is 7.56. The lowest BCUT2D eigenvalue weighted by atomic mass is 9.95. The highest BCUT2D eigenvalue weighted by atomic mass is 32.1. The van der Waals surface area contributed by atoms with E-state index < -0.39 is 12.0 Å². The van der Waals surface area contributed by atoms with E-state index in [-0.39, 0.29) is 18.1 Å². The number of nitrogens with one attached hydrogen (secondary N) is 1. The van der Waals surface area contributed by atoms with Crippen molar-refractivity contribution in [2.75, 3.05) is 19.0 Å². The van der Waals surface area contributed by atoms with E-state index >= 15 is 0 Å². The van der Waals surface area contributed by atoms with Gasteiger partial charge >= 0.3 is 5.97 Å². The van der Waals surface area contributed by atoms with Crippen LogP contribution in [-0.4, -0.2) is 30.2 Å². The molecule has 34 heavy (non-hydrogen) atoms. The highest BCUT2D eigenvalue weighted by Crippen LogP contribution is 2.39. The maximum absolute atomic E-state index is 13.6. The quantitative estimate of drug-likeness (QED) is 0.478. The molecular weight excluding hydrogens is 452 g/mol. The van der Waals surface area contributed by atoms with E-state index in [0.717, 1.165) is 47.1 Å². The van der Waals surface area contributed by atoms with Crippen LogP contribution in [0.1, 0.15) is 65.5 Å². The molecule has 180 valence electrons. The van der Waals surface area contributed by atoms with Gasteiger partial charge in [0.05, 0.1) is 24.8 Å². The van der Waals surface area contributed by atoms with Gasteiger partial charge in [0.15, 0.2) is 0 Å². The Morgan fingerprint density at radius 3 is 2.68 bits per heavy atom. The van der Waals surface area contributed by atoms with Crippen LogP contribution in [0.25, 0.3) is 10.9 Å². The van der Waals surface area contributed by atoms with Crippen molar-refractivity contribution in [2.24, 2.45) is 0 Å². The van der Waals surface area contributed by atoms with E-state index in [1.54, 1.807) is 26.2 Å². The minimum absolute atomic E-state index is 0.263. The second-order valence-electron chi connectivity index (χ2n) is 8.44. The summed E-state index contributed by atoms with van der Waals surface area (Å²) in [5.41, 5.74) is 2.59. The molecule has 0 saturated carbocycles. The predicted octanol–water partition coefficient (Wildman–Crippen LogP) is 5.03. The second kappa shape index (κ2) is 10.0. The van der Waals surface area contributed by atoms with Crippen LogP contribution in [0, 0.1) is 6.92 Å². The average molecular weight is 483 g/mol. The fourth-order valence-electron chi connectivity index (χ4n) is 4.76. The van der Waals surface area contributed by atoms with E-state index in [0.29, 0.717) is 28.3 Å². The van der Waals surface area contributed by atoms with Gasteiger partial charge in [-0.2, -0.15) is 0 Å². The molecule has 1 aliphatic carbocycles. The van der Waals surface area contributed by atoms with Gasteiger partial charge in [-0.25, -0.2) is 4.79 Å². The predicted molar refractivity (Wildman–Crippen MR) is 134 cm³/mol. The van der Waals surface area contributed by atoms with Crippen molar-refractivity contribution in [3.05, 3.63) is 56.2 Å². The largest absolute Gasteiger partial charge is 0.495 e. The molecule has 0 bridgehead atoms. The number of anilines is 1. The number of para-hydroxylation sites is 1. The molecule has 1 atom stereocenters. The highest BCUT2D eigenvalue weighted by molar-refractivity contribution is 7.17. The van der Waals surface area contributed by atoms with E-state index in [2.05, 4.69) is 5.32 Å². The van der Waals surface area contributed by atoms with Crippen molar-refractivity contribution >= 4 is 39.1 Å². The Morgan fingerprint density at radius 1 is 1.21 bits per heavy atom. The summed E-state index contributed by atoms with van der Waals surface area (Å²) in [5, 5.41) is 4.33. The Balaban J connectivity index is 1.79. The van der Waals surface area contributed by atoms with Crippen LogP contribution in [0.3, 0.4) is 0 Å². The molecular formula is C26H30N2O5S. The van der Waals surface area contributed by atoms with Gasteiger partial charge in [-0.1, -0.05) is 19.1 Å². The zero-order chi connectivity index (χ0) is 24.4. The molecule has 2 heterocycles. The Bertz CT molecular complexity index is 1310. The van der Waals surface area contributed by atoms with E-state index in [9.17, 15) is 14.4 Å². The molecule has 1 amide bonds. The zero-order valence-corrected chi connectivity index (χ0v) is 20.8. The van der Waals surface area contributed by atoms with Crippen molar-refractivity contribution in [2.45, 2.75) is 58.9 Å². The van der Waals surface area contributed by atoms with Gasteiger partial charge in [0.25, 0.3) is 5.56 Å². The number of amides is 1. The summed E-state index contributed by atoms with van der Waals surface area (Å²) in [6.07, 6.45) is 4.14. The van der Waals surface area contributed by atoms with Crippen molar-refractivity contribution in [1.29, 1.82) is 0 Å². The van der Waals surface area contributed by atoms with Crippen LogP contribution in [0.4, 0.5) is 5.00 Å². The average Bonchev–Trinajstić information content (AvgIpc) is 3.19. The van der Waals surface area contributed by atoms with Crippen molar-refractivity contribution in [3.8, 4) is 5.75 Å². The van der Waals surface area contributed by atoms with Crippen molar-refractivity contribution in [3.63, 3.8) is 0 Å². The third kappa shape index (κ3) is 4.22. The number of rotatable bonds is 7. The fraction of sp³-hybridized carbons (Fsp3) is 0.423. The minimum Gasteiger partial charge on any atom is -0.495 e. The first-order valence-corrected chi connectivity index (χ1v) is 12.5. The topological polar surface area (TPSA) is 86.6 Å². The summed E-state index contributed by atoms with van der Waals surface area (Å²) in [4.78, 5) is 40.7. The SMILES string of the molecule is CCOC(=O)c1c(NC(=O)C(CC)n2c(=O)cc(C)c3cccc(OC)c32)sc2c1CCCC2. The van der Waals surface area contributed by atoms with E-state index in [4.69, 9.17) is 9.47 Å². The summed E-state index contributed by atoms with van der Waals surface area (Å²) < 4.78 is 12.4. The molecule has 1 N–H and O–H groups in total. The first-order chi connectivity index (χ1) is 16.4. The lowest BCUT2D eigenvalue weighted by molar-refractivity contribution is -0.119. The number of pyridine rings is 1. The van der Waals surface area contributed by atoms with Crippen LogP contribution in [0.15, 0.2) is 29.1 Å². The Kier molecular flexibility index (Phi) is 7.07. The maximum Gasteiger partial charge on any atom is 0.341 e. The maximum atomic E-state index is 13.6. The van der Waals surface area contributed by atoms with Crippen LogP contribution in [0.2, 0.25) is 0 Å². The lowest BCUT2D eigenvalue weighted by Gasteiger charge is -2.22. The Labute approximate surface area is 202 Å². The molecule has 0 saturated heterocycles. The number of ether oxygens (including phenoxy) is 2. The number of benzene rings is 1. The molecule has 7 nitrogen and oxygen atoms in total. The number of methoxy groups -OCH3 is 1. The number of hydrogen-bond donors (Lipinski definition) is 1. The van der Waals surface area contributed by atoms with Gasteiger partial charge in [0.2, 0.25) is 5.91 Å². The number of aryl methyl sites for hydroxylation is 2. The number of carbonyl (C=O) groups excluding carboxylic acids is 2. The minimum atomic E-state index is -0.777. The Hall–Kier alpha value is -3.13. The monoisotopic (exact) mass is 482 g/mol. The first kappa shape index (κ1) is 24.0. The van der Waals surface area contributed by atoms with Crippen molar-refractivity contribution < 1.29 is 19.1 Å². The van der Waals surface area contributed by atoms with E-state index in [1.807, 2.05) is 26.0 Å². The van der Waals surface area contributed by atoms with Crippen LogP contribution in [-0.2, 0) is 22.4 Å². The molecule has 0 aliphatic heterocycles. The number of carbonyl (C=O) groups is 2. The summed E-state index contributed by atoms with van der Waals surface area (Å²) >= 11 is 1.44. The van der Waals surface area contributed by atoms with Gasteiger partial charge in [-0.3, -0.25) is 14.2 Å². The highest BCUT2D eigenvalue weighted by Gasteiger charge is 2.30. The molecule has 0 spiro atoms. The summed E-state index contributed by atoms with van der Waals surface area (Å²) in [6, 6.07) is 6.34. The Morgan fingerprint density at radius 2 is 1.97 bits per heavy atom. The smallest absolute Gasteiger partial charge is 0.341 e. The van der Waals surface area contributed by atoms with Gasteiger partial charge in [0.1, 0.15) is 16.8 Å². The second-order valence-corrected chi connectivity index (χ2v) is 9.55. The summed E-state index contributed by atoms with van der Waals surface area (Å²) in [5.74, 6) is -0.224. The van der Waals surface area contributed by atoms with Gasteiger partial charge in [-0.05, 0) is 63.1 Å². The number of nitrogens with zero attached hydrogens (tertiary/aromatic N) is 1. The summed E-state index contributed by atoms with van der Waals surface area (Å²) in [6.45, 7) is 5.77. The fourth-order valence-corrected chi connectivity index (χ4v) is 6.04. The van der Waals surface area contributed by atoms with Crippen LogP contribution < -0.4 is 15.6 Å². The van der Waals surface area contributed by atoms with Crippen LogP contribution >= 0.6 is 11.3 Å².